The third-order valence-corrected chi connectivity index (χ3v) is 6.19. The Balaban J connectivity index is 2.65. The Kier molecular flexibility index (Phi) is 12.2. The van der Waals surface area contributed by atoms with E-state index in [9.17, 15) is 14.4 Å². The summed E-state index contributed by atoms with van der Waals surface area (Å²) in [5, 5.41) is 0.259. The third-order valence-electron chi connectivity index (χ3n) is 5.14. The Morgan fingerprint density at radius 2 is 1.23 bits per heavy atom. The lowest BCUT2D eigenvalue weighted by molar-refractivity contribution is 0.387. The molecule has 0 unspecified atom stereocenters. The molecular formula is C22H39O3P. The quantitative estimate of drug-likeness (QED) is 0.277. The van der Waals surface area contributed by atoms with Gasteiger partial charge in [0.15, 0.2) is 0 Å². The van der Waals surface area contributed by atoms with Gasteiger partial charge in [0.25, 0.3) is 0 Å². The van der Waals surface area contributed by atoms with Gasteiger partial charge in [0, 0.05) is 0 Å². The number of aryl methyl sites for hydroxylation is 1. The molecule has 0 saturated heterocycles. The maximum Gasteiger partial charge on any atom is 0.356 e. The van der Waals surface area contributed by atoms with E-state index in [2.05, 4.69) is 19.9 Å². The molecule has 0 aliphatic carbocycles. The van der Waals surface area contributed by atoms with Gasteiger partial charge in [0.1, 0.15) is 0 Å². The zero-order valence-corrected chi connectivity index (χ0v) is 17.8. The number of benzene rings is 1. The first kappa shape index (κ1) is 23.4. The summed E-state index contributed by atoms with van der Waals surface area (Å²) in [5.41, 5.74) is 2.07. The summed E-state index contributed by atoms with van der Waals surface area (Å²) in [7, 11) is -4.20. The molecule has 1 aromatic rings. The SMILES string of the molecule is CCCCCCCCc1cccc(P(=O)(O)O)c1CCCCCCCC. The molecule has 0 bridgehead atoms. The van der Waals surface area contributed by atoms with Crippen LogP contribution in [0.5, 0.6) is 0 Å². The minimum absolute atomic E-state index is 0.259. The lowest BCUT2D eigenvalue weighted by Crippen LogP contribution is -2.14. The van der Waals surface area contributed by atoms with Crippen molar-refractivity contribution in [3.63, 3.8) is 0 Å². The van der Waals surface area contributed by atoms with E-state index in [-0.39, 0.29) is 5.30 Å². The normalized spacial score (nSPS) is 11.8. The van der Waals surface area contributed by atoms with Crippen LogP contribution in [0.4, 0.5) is 0 Å². The topological polar surface area (TPSA) is 57.5 Å². The number of hydrogen-bond donors (Lipinski definition) is 2. The second kappa shape index (κ2) is 13.5. The molecule has 26 heavy (non-hydrogen) atoms. The van der Waals surface area contributed by atoms with Crippen molar-refractivity contribution in [3.8, 4) is 0 Å². The molecule has 150 valence electrons. The maximum absolute atomic E-state index is 11.9. The third kappa shape index (κ3) is 9.35. The van der Waals surface area contributed by atoms with Crippen LogP contribution < -0.4 is 5.30 Å². The van der Waals surface area contributed by atoms with E-state index in [0.29, 0.717) is 0 Å². The summed E-state index contributed by atoms with van der Waals surface area (Å²) in [6, 6.07) is 5.50. The van der Waals surface area contributed by atoms with E-state index in [0.717, 1.165) is 43.2 Å². The van der Waals surface area contributed by atoms with Crippen LogP contribution in [0.2, 0.25) is 0 Å². The molecular weight excluding hydrogens is 343 g/mol. The van der Waals surface area contributed by atoms with Gasteiger partial charge < -0.3 is 9.79 Å². The van der Waals surface area contributed by atoms with Crippen molar-refractivity contribution in [1.29, 1.82) is 0 Å². The van der Waals surface area contributed by atoms with Crippen molar-refractivity contribution in [1.82, 2.24) is 0 Å². The monoisotopic (exact) mass is 382 g/mol. The molecule has 3 nitrogen and oxygen atoms in total. The Bertz CT molecular complexity index is 536. The Labute approximate surface area is 160 Å². The molecule has 4 heteroatoms. The van der Waals surface area contributed by atoms with E-state index < -0.39 is 7.60 Å². The van der Waals surface area contributed by atoms with E-state index >= 15 is 0 Å². The van der Waals surface area contributed by atoms with E-state index in [1.807, 2.05) is 6.07 Å². The fraction of sp³-hybridized carbons (Fsp3) is 0.727. The van der Waals surface area contributed by atoms with Crippen molar-refractivity contribution < 1.29 is 14.4 Å². The summed E-state index contributed by atoms with van der Waals surface area (Å²) >= 11 is 0. The molecule has 0 atom stereocenters. The summed E-state index contributed by atoms with van der Waals surface area (Å²) < 4.78 is 11.9. The Morgan fingerprint density at radius 1 is 0.731 bits per heavy atom. The molecule has 0 spiro atoms. The number of unbranched alkanes of at least 4 members (excludes halogenated alkanes) is 10. The van der Waals surface area contributed by atoms with E-state index in [1.165, 1.54) is 57.8 Å². The van der Waals surface area contributed by atoms with Gasteiger partial charge >= 0.3 is 7.60 Å². The van der Waals surface area contributed by atoms with Crippen molar-refractivity contribution in [3.05, 3.63) is 29.3 Å². The standard InChI is InChI=1S/C22H39O3P/c1-3-5-7-9-11-13-16-20-17-15-19-22(26(23,24)25)21(20)18-14-12-10-8-6-4-2/h15,17,19H,3-14,16,18H2,1-2H3,(H2,23,24,25). The smallest absolute Gasteiger partial charge is 0.321 e. The van der Waals surface area contributed by atoms with Crippen LogP contribution in [0.15, 0.2) is 18.2 Å². The molecule has 0 amide bonds. The zero-order valence-electron chi connectivity index (χ0n) is 16.9. The van der Waals surface area contributed by atoms with Crippen LogP contribution >= 0.6 is 7.60 Å². The van der Waals surface area contributed by atoms with Crippen LogP contribution in [0, 0.1) is 0 Å². The molecule has 1 aromatic carbocycles. The average molecular weight is 383 g/mol. The van der Waals surface area contributed by atoms with Gasteiger partial charge in [-0.25, -0.2) is 0 Å². The number of hydrogen-bond acceptors (Lipinski definition) is 1. The Morgan fingerprint density at radius 3 is 1.77 bits per heavy atom. The summed E-state index contributed by atoms with van der Waals surface area (Å²) in [5.74, 6) is 0. The fourth-order valence-electron chi connectivity index (χ4n) is 3.59. The largest absolute Gasteiger partial charge is 0.356 e. The van der Waals surface area contributed by atoms with Crippen LogP contribution in [-0.4, -0.2) is 9.79 Å². The fourth-order valence-corrected chi connectivity index (χ4v) is 4.48. The first-order chi connectivity index (χ1) is 12.5. The zero-order chi connectivity index (χ0) is 19.3. The van der Waals surface area contributed by atoms with Crippen LogP contribution in [-0.2, 0) is 17.4 Å². The molecule has 0 aliphatic rings. The predicted octanol–water partition coefficient (Wildman–Crippen LogP) is 6.30. The van der Waals surface area contributed by atoms with Crippen molar-refractivity contribution in [2.45, 2.75) is 104 Å². The summed E-state index contributed by atoms with van der Waals surface area (Å²) in [6.45, 7) is 4.44. The first-order valence-corrected chi connectivity index (χ1v) is 12.3. The Hall–Kier alpha value is -0.630. The maximum atomic E-state index is 11.9. The highest BCUT2D eigenvalue weighted by Gasteiger charge is 2.22. The van der Waals surface area contributed by atoms with Gasteiger partial charge in [-0.3, -0.25) is 4.57 Å². The van der Waals surface area contributed by atoms with Crippen LogP contribution in [0.3, 0.4) is 0 Å². The van der Waals surface area contributed by atoms with Crippen molar-refractivity contribution in [2.24, 2.45) is 0 Å². The van der Waals surface area contributed by atoms with Crippen molar-refractivity contribution in [2.75, 3.05) is 0 Å². The molecule has 1 rings (SSSR count). The van der Waals surface area contributed by atoms with Gasteiger partial charge in [-0.15, -0.1) is 0 Å². The molecule has 0 heterocycles. The van der Waals surface area contributed by atoms with Gasteiger partial charge in [-0.2, -0.15) is 0 Å². The second-order valence-corrected chi connectivity index (χ2v) is 9.06. The molecule has 0 saturated carbocycles. The minimum atomic E-state index is -4.20. The first-order valence-electron chi connectivity index (χ1n) is 10.7. The second-order valence-electron chi connectivity index (χ2n) is 7.49. The summed E-state index contributed by atoms with van der Waals surface area (Å²) in [4.78, 5) is 19.5. The van der Waals surface area contributed by atoms with Crippen LogP contribution in [0.1, 0.15) is 102 Å². The van der Waals surface area contributed by atoms with Crippen LogP contribution in [0.25, 0.3) is 0 Å². The van der Waals surface area contributed by atoms with Gasteiger partial charge in [0.2, 0.25) is 0 Å². The number of rotatable bonds is 15. The molecule has 2 N–H and O–H groups in total. The minimum Gasteiger partial charge on any atom is -0.321 e. The lowest BCUT2D eigenvalue weighted by Gasteiger charge is -2.16. The van der Waals surface area contributed by atoms with Gasteiger partial charge in [-0.1, -0.05) is 90.2 Å². The lowest BCUT2D eigenvalue weighted by atomic mass is 9.96. The summed E-state index contributed by atoms with van der Waals surface area (Å²) in [6.07, 6.45) is 16.3. The average Bonchev–Trinajstić information content (AvgIpc) is 2.60. The highest BCUT2D eigenvalue weighted by molar-refractivity contribution is 7.60. The predicted molar refractivity (Wildman–Crippen MR) is 112 cm³/mol. The van der Waals surface area contributed by atoms with E-state index in [1.54, 1.807) is 6.07 Å². The molecule has 0 aromatic heterocycles. The molecule has 0 radical (unpaired) electrons. The molecule has 0 aliphatic heterocycles. The van der Waals surface area contributed by atoms with Crippen molar-refractivity contribution >= 4 is 12.9 Å². The highest BCUT2D eigenvalue weighted by Crippen LogP contribution is 2.36. The van der Waals surface area contributed by atoms with E-state index in [4.69, 9.17) is 0 Å². The van der Waals surface area contributed by atoms with Gasteiger partial charge in [-0.05, 0) is 42.9 Å². The highest BCUT2D eigenvalue weighted by atomic mass is 31.2. The van der Waals surface area contributed by atoms with Gasteiger partial charge in [0.05, 0.1) is 5.30 Å². The molecule has 0 fully saturated rings.